The van der Waals surface area contributed by atoms with Crippen molar-refractivity contribution in [2.45, 2.75) is 25.1 Å². The van der Waals surface area contributed by atoms with Gasteiger partial charge in [0.25, 0.3) is 0 Å². The Morgan fingerprint density at radius 3 is 2.21 bits per heavy atom. The monoisotopic (exact) mass is 341 g/mol. The predicted octanol–water partition coefficient (Wildman–Crippen LogP) is 4.75. The number of rotatable bonds is 6. The Morgan fingerprint density at radius 1 is 1.00 bits per heavy atom. The van der Waals surface area contributed by atoms with Gasteiger partial charge < -0.3 is 10.1 Å². The highest BCUT2D eigenvalue weighted by Gasteiger charge is 2.32. The summed E-state index contributed by atoms with van der Waals surface area (Å²) >= 11 is 0. The number of hydrogen-bond donors (Lipinski definition) is 1. The average molecular weight is 341 g/mol. The molecule has 1 atom stereocenters. The SMILES string of the molecule is CNCC[C@](C)(Oc1ccc(C(F)(F)F)cc1)c1cccc(F)c1. The molecule has 0 radical (unpaired) electrons. The standard InChI is InChI=1S/C18H19F4NO/c1-17(10-11-23-2,14-4-3-5-15(19)12-14)24-16-8-6-13(7-9-16)18(20,21)22/h3-9,12,23H,10-11H2,1-2H3/t17-/m0/s1. The quantitative estimate of drug-likeness (QED) is 0.766. The van der Waals surface area contributed by atoms with Crippen LogP contribution in [0.3, 0.4) is 0 Å². The van der Waals surface area contributed by atoms with Gasteiger partial charge in [-0.15, -0.1) is 0 Å². The van der Waals surface area contributed by atoms with Crippen molar-refractivity contribution in [2.75, 3.05) is 13.6 Å². The molecular weight excluding hydrogens is 322 g/mol. The Balaban J connectivity index is 2.28. The Morgan fingerprint density at radius 2 is 1.67 bits per heavy atom. The molecule has 6 heteroatoms. The van der Waals surface area contributed by atoms with Crippen molar-refractivity contribution in [3.05, 3.63) is 65.5 Å². The van der Waals surface area contributed by atoms with E-state index >= 15 is 0 Å². The van der Waals surface area contributed by atoms with Crippen molar-refractivity contribution < 1.29 is 22.3 Å². The molecule has 2 nitrogen and oxygen atoms in total. The van der Waals surface area contributed by atoms with Crippen molar-refractivity contribution in [1.29, 1.82) is 0 Å². The highest BCUT2D eigenvalue weighted by atomic mass is 19.4. The van der Waals surface area contributed by atoms with Crippen LogP contribution in [-0.2, 0) is 11.8 Å². The summed E-state index contributed by atoms with van der Waals surface area (Å²) in [4.78, 5) is 0. The third-order valence-electron chi connectivity index (χ3n) is 3.81. The normalized spacial score (nSPS) is 14.2. The fourth-order valence-corrected chi connectivity index (χ4v) is 2.41. The fourth-order valence-electron chi connectivity index (χ4n) is 2.41. The van der Waals surface area contributed by atoms with Gasteiger partial charge in [0.05, 0.1) is 5.56 Å². The van der Waals surface area contributed by atoms with E-state index in [1.807, 2.05) is 0 Å². The zero-order chi connectivity index (χ0) is 17.8. The molecule has 0 heterocycles. The van der Waals surface area contributed by atoms with Crippen LogP contribution in [0.1, 0.15) is 24.5 Å². The highest BCUT2D eigenvalue weighted by Crippen LogP contribution is 2.34. The summed E-state index contributed by atoms with van der Waals surface area (Å²) in [6.45, 7) is 2.39. The first-order valence-electron chi connectivity index (χ1n) is 7.51. The van der Waals surface area contributed by atoms with Gasteiger partial charge in [0, 0.05) is 6.42 Å². The molecule has 0 aliphatic carbocycles. The van der Waals surface area contributed by atoms with Gasteiger partial charge in [-0.05, 0) is 62.5 Å². The van der Waals surface area contributed by atoms with E-state index in [0.29, 0.717) is 24.3 Å². The van der Waals surface area contributed by atoms with Crippen molar-refractivity contribution in [3.8, 4) is 5.75 Å². The van der Waals surface area contributed by atoms with Gasteiger partial charge in [0.15, 0.2) is 0 Å². The predicted molar refractivity (Wildman–Crippen MR) is 84.4 cm³/mol. The molecule has 2 aromatic rings. The number of benzene rings is 2. The second-order valence-electron chi connectivity index (χ2n) is 5.72. The lowest BCUT2D eigenvalue weighted by atomic mass is 9.92. The number of ether oxygens (including phenoxy) is 1. The molecule has 0 unspecified atom stereocenters. The molecule has 2 rings (SSSR count). The summed E-state index contributed by atoms with van der Waals surface area (Å²) in [6, 6.07) is 10.5. The van der Waals surface area contributed by atoms with Gasteiger partial charge in [-0.2, -0.15) is 13.2 Å². The summed E-state index contributed by atoms with van der Waals surface area (Å²) in [5.41, 5.74) is -0.986. The lowest BCUT2D eigenvalue weighted by Gasteiger charge is -2.31. The summed E-state index contributed by atoms with van der Waals surface area (Å²) in [5.74, 6) is -0.0925. The van der Waals surface area contributed by atoms with Crippen LogP contribution in [0.4, 0.5) is 17.6 Å². The van der Waals surface area contributed by atoms with E-state index in [1.165, 1.54) is 24.3 Å². The van der Waals surface area contributed by atoms with Crippen LogP contribution in [0.2, 0.25) is 0 Å². The topological polar surface area (TPSA) is 21.3 Å². The molecule has 0 aliphatic rings. The maximum Gasteiger partial charge on any atom is 0.416 e. The molecule has 0 saturated heterocycles. The third kappa shape index (κ3) is 4.47. The van der Waals surface area contributed by atoms with Crippen LogP contribution >= 0.6 is 0 Å². The van der Waals surface area contributed by atoms with Gasteiger partial charge in [0.1, 0.15) is 17.2 Å². The molecule has 130 valence electrons. The number of alkyl halides is 3. The summed E-state index contributed by atoms with van der Waals surface area (Å²) in [6.07, 6.45) is -3.87. The second-order valence-corrected chi connectivity index (χ2v) is 5.72. The number of nitrogens with one attached hydrogen (secondary N) is 1. The van der Waals surface area contributed by atoms with Crippen LogP contribution in [-0.4, -0.2) is 13.6 Å². The molecule has 1 N–H and O–H groups in total. The maximum atomic E-state index is 13.5. The van der Waals surface area contributed by atoms with E-state index in [-0.39, 0.29) is 5.82 Å². The molecule has 2 aromatic carbocycles. The summed E-state index contributed by atoms with van der Waals surface area (Å²) in [5, 5.41) is 3.00. The molecule has 0 aliphatic heterocycles. The van der Waals surface area contributed by atoms with Crippen molar-refractivity contribution in [2.24, 2.45) is 0 Å². The molecule has 0 bridgehead atoms. The van der Waals surface area contributed by atoms with E-state index in [4.69, 9.17) is 4.74 Å². The molecule has 24 heavy (non-hydrogen) atoms. The Labute approximate surface area is 138 Å². The van der Waals surface area contributed by atoms with E-state index in [9.17, 15) is 17.6 Å². The molecule has 0 saturated carbocycles. The molecule has 0 amide bonds. The summed E-state index contributed by atoms with van der Waals surface area (Å²) in [7, 11) is 1.78. The van der Waals surface area contributed by atoms with E-state index in [2.05, 4.69) is 5.32 Å². The second kappa shape index (κ2) is 7.21. The zero-order valence-electron chi connectivity index (χ0n) is 13.5. The van der Waals surface area contributed by atoms with Gasteiger partial charge >= 0.3 is 6.18 Å². The van der Waals surface area contributed by atoms with E-state index in [0.717, 1.165) is 12.1 Å². The molecule has 0 aromatic heterocycles. The van der Waals surface area contributed by atoms with Crippen LogP contribution in [0, 0.1) is 5.82 Å². The smallest absolute Gasteiger partial charge is 0.416 e. The third-order valence-corrected chi connectivity index (χ3v) is 3.81. The first-order valence-corrected chi connectivity index (χ1v) is 7.51. The molecular formula is C18H19F4NO. The van der Waals surface area contributed by atoms with Crippen LogP contribution in [0.5, 0.6) is 5.75 Å². The first kappa shape index (κ1) is 18.3. The van der Waals surface area contributed by atoms with E-state index < -0.39 is 17.3 Å². The van der Waals surface area contributed by atoms with Crippen molar-refractivity contribution in [1.82, 2.24) is 5.32 Å². The van der Waals surface area contributed by atoms with Crippen LogP contribution in [0.25, 0.3) is 0 Å². The zero-order valence-corrected chi connectivity index (χ0v) is 13.5. The number of halogens is 4. The van der Waals surface area contributed by atoms with Gasteiger partial charge in [-0.1, -0.05) is 12.1 Å². The van der Waals surface area contributed by atoms with Gasteiger partial charge in [-0.25, -0.2) is 4.39 Å². The minimum atomic E-state index is -4.39. The largest absolute Gasteiger partial charge is 0.483 e. The Bertz CT molecular complexity index is 669. The van der Waals surface area contributed by atoms with E-state index in [1.54, 1.807) is 26.1 Å². The minimum absolute atomic E-state index is 0.297. The van der Waals surface area contributed by atoms with Gasteiger partial charge in [-0.3, -0.25) is 0 Å². The van der Waals surface area contributed by atoms with Crippen molar-refractivity contribution >= 4 is 0 Å². The minimum Gasteiger partial charge on any atom is -0.483 e. The molecule has 0 fully saturated rings. The summed E-state index contributed by atoms with van der Waals surface area (Å²) < 4.78 is 57.4. The molecule has 0 spiro atoms. The lowest BCUT2D eigenvalue weighted by molar-refractivity contribution is -0.137. The maximum absolute atomic E-state index is 13.5. The Hall–Kier alpha value is -2.08. The van der Waals surface area contributed by atoms with Crippen LogP contribution < -0.4 is 10.1 Å². The first-order chi connectivity index (χ1) is 11.2. The van der Waals surface area contributed by atoms with Crippen LogP contribution in [0.15, 0.2) is 48.5 Å². The number of hydrogen-bond acceptors (Lipinski definition) is 2. The highest BCUT2D eigenvalue weighted by molar-refractivity contribution is 5.31. The van der Waals surface area contributed by atoms with Gasteiger partial charge in [0.2, 0.25) is 0 Å². The Kier molecular flexibility index (Phi) is 5.49. The average Bonchev–Trinajstić information content (AvgIpc) is 2.52. The fraction of sp³-hybridized carbons (Fsp3) is 0.333. The van der Waals surface area contributed by atoms with Crippen molar-refractivity contribution in [3.63, 3.8) is 0 Å². The lowest BCUT2D eigenvalue weighted by Crippen LogP contribution is -2.33.